The number of nitrogens with two attached hydrogens (primary N) is 1. The number of rotatable bonds is 2. The van der Waals surface area contributed by atoms with Crippen LogP contribution in [0.5, 0.6) is 5.75 Å². The number of carbonyl (C=O) groups excluding carboxylic acids is 1. The maximum Gasteiger partial charge on any atom is 0.230 e. The molecule has 0 aliphatic carbocycles. The Kier molecular flexibility index (Phi) is 2.87. The molecule has 1 aromatic rings. The first-order valence-corrected chi connectivity index (χ1v) is 5.05. The molecular weight excluding hydrogens is 192 g/mol. The lowest BCUT2D eigenvalue weighted by Crippen LogP contribution is -2.34. The van der Waals surface area contributed by atoms with Gasteiger partial charge in [0.15, 0.2) is 0 Å². The molecule has 80 valence electrons. The van der Waals surface area contributed by atoms with Crippen molar-refractivity contribution in [3.8, 4) is 5.75 Å². The molecule has 1 amide bonds. The van der Waals surface area contributed by atoms with E-state index >= 15 is 0 Å². The first-order valence-electron chi connectivity index (χ1n) is 5.05. The number of nitrogens with zero attached hydrogens (tertiary/aromatic N) is 1. The lowest BCUT2D eigenvalue weighted by molar-refractivity contribution is -0.118. The molecule has 0 spiro atoms. The predicted octanol–water partition coefficient (Wildman–Crippen LogP) is 0.761. The van der Waals surface area contributed by atoms with Crippen molar-refractivity contribution in [3.05, 3.63) is 24.3 Å². The van der Waals surface area contributed by atoms with Crippen LogP contribution in [0.25, 0.3) is 0 Å². The highest BCUT2D eigenvalue weighted by Gasteiger charge is 2.21. The fraction of sp³-hybridized carbons (Fsp3) is 0.364. The molecule has 1 heterocycles. The first-order chi connectivity index (χ1) is 7.33. The van der Waals surface area contributed by atoms with Crippen molar-refractivity contribution in [2.75, 3.05) is 24.6 Å². The maximum absolute atomic E-state index is 11.8. The predicted molar refractivity (Wildman–Crippen MR) is 58.0 cm³/mol. The number of benzene rings is 1. The van der Waals surface area contributed by atoms with Gasteiger partial charge in [-0.1, -0.05) is 12.1 Å². The number of carbonyl (C=O) groups is 1. The van der Waals surface area contributed by atoms with Crippen molar-refractivity contribution < 1.29 is 9.53 Å². The van der Waals surface area contributed by atoms with Gasteiger partial charge in [0.25, 0.3) is 0 Å². The van der Waals surface area contributed by atoms with Gasteiger partial charge in [-0.3, -0.25) is 4.79 Å². The molecule has 1 aromatic carbocycles. The largest absolute Gasteiger partial charge is 0.491 e. The van der Waals surface area contributed by atoms with Gasteiger partial charge in [0.05, 0.1) is 18.7 Å². The Labute approximate surface area is 88.6 Å². The van der Waals surface area contributed by atoms with Crippen LogP contribution < -0.4 is 15.4 Å². The molecule has 0 saturated carbocycles. The Balaban J connectivity index is 2.38. The second-order valence-electron chi connectivity index (χ2n) is 3.40. The van der Waals surface area contributed by atoms with Gasteiger partial charge in [-0.25, -0.2) is 0 Å². The molecule has 15 heavy (non-hydrogen) atoms. The smallest absolute Gasteiger partial charge is 0.230 e. The third-order valence-corrected chi connectivity index (χ3v) is 2.38. The van der Waals surface area contributed by atoms with E-state index in [0.29, 0.717) is 26.1 Å². The number of para-hydroxylation sites is 2. The van der Waals surface area contributed by atoms with Gasteiger partial charge >= 0.3 is 0 Å². The average Bonchev–Trinajstić information content (AvgIpc) is 2.40. The summed E-state index contributed by atoms with van der Waals surface area (Å²) in [6.45, 7) is 1.44. The van der Waals surface area contributed by atoms with Gasteiger partial charge in [-0.05, 0) is 12.1 Å². The Morgan fingerprint density at radius 2 is 2.20 bits per heavy atom. The molecule has 0 fully saturated rings. The lowest BCUT2D eigenvalue weighted by Gasteiger charge is -2.20. The van der Waals surface area contributed by atoms with Crippen LogP contribution in [-0.2, 0) is 4.79 Å². The minimum Gasteiger partial charge on any atom is -0.491 e. The molecular formula is C11H14N2O2. The number of anilines is 1. The molecule has 1 aliphatic heterocycles. The summed E-state index contributed by atoms with van der Waals surface area (Å²) < 4.78 is 5.49. The van der Waals surface area contributed by atoms with Crippen molar-refractivity contribution in [2.24, 2.45) is 5.73 Å². The van der Waals surface area contributed by atoms with Crippen LogP contribution in [0, 0.1) is 0 Å². The zero-order valence-corrected chi connectivity index (χ0v) is 8.48. The zero-order valence-electron chi connectivity index (χ0n) is 8.48. The molecule has 2 N–H and O–H groups in total. The van der Waals surface area contributed by atoms with Crippen molar-refractivity contribution >= 4 is 11.6 Å². The van der Waals surface area contributed by atoms with Crippen LogP contribution in [0.4, 0.5) is 5.69 Å². The second-order valence-corrected chi connectivity index (χ2v) is 3.40. The van der Waals surface area contributed by atoms with Crippen molar-refractivity contribution in [2.45, 2.75) is 6.42 Å². The molecule has 0 bridgehead atoms. The summed E-state index contributed by atoms with van der Waals surface area (Å²) in [6, 6.07) is 7.55. The topological polar surface area (TPSA) is 55.6 Å². The Morgan fingerprint density at radius 1 is 1.40 bits per heavy atom. The number of fused-ring (bicyclic) bond motifs is 1. The highest BCUT2D eigenvalue weighted by molar-refractivity contribution is 5.95. The van der Waals surface area contributed by atoms with E-state index in [2.05, 4.69) is 0 Å². The van der Waals surface area contributed by atoms with Crippen molar-refractivity contribution in [1.29, 1.82) is 0 Å². The van der Waals surface area contributed by atoms with Gasteiger partial charge in [0, 0.05) is 13.1 Å². The molecule has 4 nitrogen and oxygen atoms in total. The summed E-state index contributed by atoms with van der Waals surface area (Å²) in [5, 5.41) is 0. The van der Waals surface area contributed by atoms with E-state index < -0.39 is 0 Å². The monoisotopic (exact) mass is 206 g/mol. The van der Waals surface area contributed by atoms with Crippen LogP contribution in [0.15, 0.2) is 24.3 Å². The maximum atomic E-state index is 11.8. The Morgan fingerprint density at radius 3 is 3.00 bits per heavy atom. The first kappa shape index (κ1) is 9.98. The lowest BCUT2D eigenvalue weighted by atomic mass is 10.2. The standard InChI is InChI=1S/C11H14N2O2/c12-6-7-13-9-3-1-2-4-10(9)15-8-5-11(13)14/h1-4H,5-8,12H2. The van der Waals surface area contributed by atoms with E-state index in [1.165, 1.54) is 0 Å². The van der Waals surface area contributed by atoms with Crippen LogP contribution in [0.1, 0.15) is 6.42 Å². The van der Waals surface area contributed by atoms with E-state index in [-0.39, 0.29) is 5.91 Å². The summed E-state index contributed by atoms with van der Waals surface area (Å²) in [5.41, 5.74) is 6.32. The quantitative estimate of drug-likeness (QED) is 0.777. The van der Waals surface area contributed by atoms with Crippen molar-refractivity contribution in [3.63, 3.8) is 0 Å². The number of hydrogen-bond donors (Lipinski definition) is 1. The molecule has 0 radical (unpaired) electrons. The summed E-state index contributed by atoms with van der Waals surface area (Å²) in [4.78, 5) is 13.5. The Hall–Kier alpha value is -1.55. The normalized spacial score (nSPS) is 15.5. The highest BCUT2D eigenvalue weighted by Crippen LogP contribution is 2.30. The molecule has 0 saturated heterocycles. The molecule has 0 atom stereocenters. The summed E-state index contributed by atoms with van der Waals surface area (Å²) in [5.74, 6) is 0.835. The van der Waals surface area contributed by atoms with Gasteiger partial charge in [-0.15, -0.1) is 0 Å². The number of hydrogen-bond acceptors (Lipinski definition) is 3. The number of amides is 1. The van der Waals surface area contributed by atoms with Crippen LogP contribution >= 0.6 is 0 Å². The van der Waals surface area contributed by atoms with Gasteiger partial charge in [0.1, 0.15) is 5.75 Å². The Bertz CT molecular complexity index is 365. The number of ether oxygens (including phenoxy) is 1. The zero-order chi connectivity index (χ0) is 10.7. The van der Waals surface area contributed by atoms with E-state index in [9.17, 15) is 4.79 Å². The minimum absolute atomic E-state index is 0.0744. The van der Waals surface area contributed by atoms with Crippen LogP contribution in [0.2, 0.25) is 0 Å². The van der Waals surface area contributed by atoms with E-state index in [1.54, 1.807) is 4.90 Å². The van der Waals surface area contributed by atoms with Gasteiger partial charge in [-0.2, -0.15) is 0 Å². The third-order valence-electron chi connectivity index (χ3n) is 2.38. The molecule has 4 heteroatoms. The van der Waals surface area contributed by atoms with E-state index in [0.717, 1.165) is 11.4 Å². The van der Waals surface area contributed by atoms with Crippen LogP contribution in [0.3, 0.4) is 0 Å². The average molecular weight is 206 g/mol. The minimum atomic E-state index is 0.0744. The van der Waals surface area contributed by atoms with Gasteiger partial charge in [0.2, 0.25) is 5.91 Å². The molecule has 2 rings (SSSR count). The third kappa shape index (κ3) is 1.94. The summed E-state index contributed by atoms with van der Waals surface area (Å²) in [7, 11) is 0. The SMILES string of the molecule is NCCN1C(=O)CCOc2ccccc21. The fourth-order valence-electron chi connectivity index (χ4n) is 1.69. The van der Waals surface area contributed by atoms with Crippen LogP contribution in [-0.4, -0.2) is 25.6 Å². The summed E-state index contributed by atoms with van der Waals surface area (Å²) in [6.07, 6.45) is 0.411. The van der Waals surface area contributed by atoms with Gasteiger partial charge < -0.3 is 15.4 Å². The molecule has 0 unspecified atom stereocenters. The van der Waals surface area contributed by atoms with Crippen molar-refractivity contribution in [1.82, 2.24) is 0 Å². The molecule has 0 aromatic heterocycles. The fourth-order valence-corrected chi connectivity index (χ4v) is 1.69. The highest BCUT2D eigenvalue weighted by atomic mass is 16.5. The second kappa shape index (κ2) is 4.31. The molecule has 1 aliphatic rings. The summed E-state index contributed by atoms with van der Waals surface area (Å²) >= 11 is 0. The van der Waals surface area contributed by atoms with E-state index in [1.807, 2.05) is 24.3 Å². The van der Waals surface area contributed by atoms with E-state index in [4.69, 9.17) is 10.5 Å².